The Morgan fingerprint density at radius 2 is 1.92 bits per heavy atom. The summed E-state index contributed by atoms with van der Waals surface area (Å²) >= 11 is 0. The summed E-state index contributed by atoms with van der Waals surface area (Å²) in [6.45, 7) is 6.87. The molecule has 1 fully saturated rings. The molecule has 0 spiro atoms. The Kier molecular flexibility index (Phi) is 8.77. The standard InChI is InChI=1S/C26H34N8O2/c1-2-22(35)16-30-25(36)18-34-12-10-33(11-13-34)17-19-4-3-5-21(14-19)31-26-28-9-8-23(32-26)20-6-7-24(27)29-15-20/h3-9,14-15,22,35H,2,10-13,16-18H2,1H3,(H2,27,29)(H,30,36)(H,28,31,32). The van der Waals surface area contributed by atoms with Crippen LogP contribution in [-0.2, 0) is 11.3 Å². The SMILES string of the molecule is CCC(O)CNC(=O)CN1CCN(Cc2cccc(Nc3nccc(-c4ccc(N)nc4)n3)c2)CC1. The number of hydrogen-bond acceptors (Lipinski definition) is 9. The topological polar surface area (TPSA) is 133 Å². The van der Waals surface area contributed by atoms with Crippen molar-refractivity contribution in [2.75, 3.05) is 50.3 Å². The van der Waals surface area contributed by atoms with Crippen LogP contribution in [0.15, 0.2) is 54.9 Å². The summed E-state index contributed by atoms with van der Waals surface area (Å²) < 4.78 is 0. The van der Waals surface area contributed by atoms with Crippen molar-refractivity contribution in [3.8, 4) is 11.3 Å². The minimum absolute atomic E-state index is 0.0336. The van der Waals surface area contributed by atoms with E-state index in [0.29, 0.717) is 31.3 Å². The van der Waals surface area contributed by atoms with E-state index >= 15 is 0 Å². The minimum atomic E-state index is -0.479. The van der Waals surface area contributed by atoms with Crippen LogP contribution in [0.2, 0.25) is 0 Å². The van der Waals surface area contributed by atoms with Crippen molar-refractivity contribution < 1.29 is 9.90 Å². The van der Waals surface area contributed by atoms with Crippen molar-refractivity contribution in [2.45, 2.75) is 26.0 Å². The highest BCUT2D eigenvalue weighted by Gasteiger charge is 2.19. The van der Waals surface area contributed by atoms with E-state index in [0.717, 1.165) is 49.7 Å². The maximum absolute atomic E-state index is 12.1. The van der Waals surface area contributed by atoms with Crippen molar-refractivity contribution in [3.63, 3.8) is 0 Å². The lowest BCUT2D eigenvalue weighted by Crippen LogP contribution is -2.49. The van der Waals surface area contributed by atoms with Gasteiger partial charge in [0.05, 0.1) is 18.3 Å². The van der Waals surface area contributed by atoms with Crippen LogP contribution in [0.3, 0.4) is 0 Å². The number of aliphatic hydroxyl groups is 1. The largest absolute Gasteiger partial charge is 0.391 e. The molecule has 1 amide bonds. The van der Waals surface area contributed by atoms with Gasteiger partial charge in [0.1, 0.15) is 5.82 Å². The zero-order valence-electron chi connectivity index (χ0n) is 20.6. The number of pyridine rings is 1. The van der Waals surface area contributed by atoms with Gasteiger partial charge in [-0.3, -0.25) is 14.6 Å². The molecule has 1 unspecified atom stereocenters. The van der Waals surface area contributed by atoms with E-state index < -0.39 is 6.10 Å². The van der Waals surface area contributed by atoms with Crippen LogP contribution in [0.4, 0.5) is 17.5 Å². The average Bonchev–Trinajstić information content (AvgIpc) is 2.89. The number of carbonyl (C=O) groups excluding carboxylic acids is 1. The Balaban J connectivity index is 1.28. The summed E-state index contributed by atoms with van der Waals surface area (Å²) in [4.78, 5) is 29.7. The molecule has 10 heteroatoms. The number of aliphatic hydroxyl groups excluding tert-OH is 1. The molecule has 3 heterocycles. The fraction of sp³-hybridized carbons (Fsp3) is 0.385. The summed E-state index contributed by atoms with van der Waals surface area (Å²) in [7, 11) is 0. The second-order valence-electron chi connectivity index (χ2n) is 8.98. The number of carbonyl (C=O) groups is 1. The van der Waals surface area contributed by atoms with Gasteiger partial charge >= 0.3 is 0 Å². The number of nitrogen functional groups attached to an aromatic ring is 1. The van der Waals surface area contributed by atoms with Crippen molar-refractivity contribution in [3.05, 3.63) is 60.4 Å². The summed E-state index contributed by atoms with van der Waals surface area (Å²) in [6, 6.07) is 13.7. The molecular formula is C26H34N8O2. The molecule has 10 nitrogen and oxygen atoms in total. The smallest absolute Gasteiger partial charge is 0.234 e. The molecule has 3 aromatic rings. The highest BCUT2D eigenvalue weighted by Crippen LogP contribution is 2.20. The maximum Gasteiger partial charge on any atom is 0.234 e. The van der Waals surface area contributed by atoms with Gasteiger partial charge in [0, 0.05) is 62.9 Å². The molecule has 190 valence electrons. The van der Waals surface area contributed by atoms with Crippen molar-refractivity contribution in [1.82, 2.24) is 30.1 Å². The van der Waals surface area contributed by atoms with Gasteiger partial charge in [-0.2, -0.15) is 0 Å². The van der Waals surface area contributed by atoms with Crippen LogP contribution in [0.5, 0.6) is 0 Å². The number of piperazine rings is 1. The lowest BCUT2D eigenvalue weighted by Gasteiger charge is -2.34. The van der Waals surface area contributed by atoms with Gasteiger partial charge in [-0.15, -0.1) is 0 Å². The lowest BCUT2D eigenvalue weighted by atomic mass is 10.1. The summed E-state index contributed by atoms with van der Waals surface area (Å²) in [5.41, 5.74) is 9.44. The Bertz CT molecular complexity index is 1130. The van der Waals surface area contributed by atoms with E-state index in [1.54, 1.807) is 18.5 Å². The fourth-order valence-electron chi connectivity index (χ4n) is 4.01. The van der Waals surface area contributed by atoms with Gasteiger partial charge in [-0.25, -0.2) is 15.0 Å². The second kappa shape index (κ2) is 12.4. The Hall–Kier alpha value is -3.60. The van der Waals surface area contributed by atoms with Gasteiger partial charge in [0.15, 0.2) is 0 Å². The zero-order chi connectivity index (χ0) is 25.3. The van der Waals surface area contributed by atoms with Gasteiger partial charge in [0.25, 0.3) is 0 Å². The molecule has 5 N–H and O–H groups in total. The summed E-state index contributed by atoms with van der Waals surface area (Å²) in [5.74, 6) is 0.950. The van der Waals surface area contributed by atoms with Crippen molar-refractivity contribution >= 4 is 23.4 Å². The molecule has 2 aromatic heterocycles. The van der Waals surface area contributed by atoms with Crippen LogP contribution < -0.4 is 16.4 Å². The van der Waals surface area contributed by atoms with E-state index in [1.165, 1.54) is 5.56 Å². The number of nitrogens with two attached hydrogens (primary N) is 1. The van der Waals surface area contributed by atoms with Crippen LogP contribution in [0, 0.1) is 0 Å². The molecule has 1 aromatic carbocycles. The molecule has 0 aliphatic carbocycles. The van der Waals surface area contributed by atoms with Crippen molar-refractivity contribution in [2.24, 2.45) is 0 Å². The predicted octanol–water partition coefficient (Wildman–Crippen LogP) is 1.87. The van der Waals surface area contributed by atoms with E-state index in [-0.39, 0.29) is 5.91 Å². The third kappa shape index (κ3) is 7.45. The highest BCUT2D eigenvalue weighted by atomic mass is 16.3. The first-order chi connectivity index (χ1) is 17.5. The van der Waals surface area contributed by atoms with E-state index in [4.69, 9.17) is 5.73 Å². The number of aromatic nitrogens is 3. The molecule has 0 saturated carbocycles. The number of nitrogens with zero attached hydrogens (tertiary/aromatic N) is 5. The molecule has 0 radical (unpaired) electrons. The molecule has 1 atom stereocenters. The number of benzene rings is 1. The van der Waals surface area contributed by atoms with Crippen LogP contribution >= 0.6 is 0 Å². The summed E-state index contributed by atoms with van der Waals surface area (Å²) in [6.07, 6.45) is 3.57. The summed E-state index contributed by atoms with van der Waals surface area (Å²) in [5, 5.41) is 15.7. The monoisotopic (exact) mass is 490 g/mol. The van der Waals surface area contributed by atoms with Crippen molar-refractivity contribution in [1.29, 1.82) is 0 Å². The Morgan fingerprint density at radius 1 is 1.11 bits per heavy atom. The zero-order valence-corrected chi connectivity index (χ0v) is 20.6. The first-order valence-corrected chi connectivity index (χ1v) is 12.3. The first-order valence-electron chi connectivity index (χ1n) is 12.3. The molecule has 1 aliphatic rings. The third-order valence-corrected chi connectivity index (χ3v) is 6.17. The quantitative estimate of drug-likeness (QED) is 0.336. The van der Waals surface area contributed by atoms with Crippen LogP contribution in [-0.4, -0.2) is 81.1 Å². The van der Waals surface area contributed by atoms with Gasteiger partial charge in [-0.1, -0.05) is 19.1 Å². The number of nitrogens with one attached hydrogen (secondary N) is 2. The number of amides is 1. The molecule has 1 aliphatic heterocycles. The fourth-order valence-corrected chi connectivity index (χ4v) is 4.01. The number of anilines is 3. The third-order valence-electron chi connectivity index (χ3n) is 6.17. The van der Waals surface area contributed by atoms with Gasteiger partial charge in [0.2, 0.25) is 11.9 Å². The lowest BCUT2D eigenvalue weighted by molar-refractivity contribution is -0.123. The van der Waals surface area contributed by atoms with Crippen LogP contribution in [0.1, 0.15) is 18.9 Å². The normalized spacial score (nSPS) is 15.4. The first kappa shape index (κ1) is 25.5. The Morgan fingerprint density at radius 3 is 2.67 bits per heavy atom. The van der Waals surface area contributed by atoms with E-state index in [9.17, 15) is 9.90 Å². The van der Waals surface area contributed by atoms with Crippen LogP contribution in [0.25, 0.3) is 11.3 Å². The van der Waals surface area contributed by atoms with Gasteiger partial charge in [-0.05, 0) is 42.3 Å². The highest BCUT2D eigenvalue weighted by molar-refractivity contribution is 5.78. The Labute approximate surface area is 211 Å². The number of hydrogen-bond donors (Lipinski definition) is 4. The second-order valence-corrected chi connectivity index (χ2v) is 8.98. The van der Waals surface area contributed by atoms with E-state index in [1.807, 2.05) is 31.2 Å². The average molecular weight is 491 g/mol. The molecule has 36 heavy (non-hydrogen) atoms. The molecular weight excluding hydrogens is 456 g/mol. The molecule has 1 saturated heterocycles. The van der Waals surface area contributed by atoms with Gasteiger partial charge < -0.3 is 21.5 Å². The predicted molar refractivity (Wildman–Crippen MR) is 140 cm³/mol. The number of rotatable bonds is 10. The maximum atomic E-state index is 12.1. The minimum Gasteiger partial charge on any atom is -0.391 e. The molecule has 4 rings (SSSR count). The molecule has 0 bridgehead atoms. The van der Waals surface area contributed by atoms with E-state index in [2.05, 4.69) is 47.5 Å².